The Hall–Kier alpha value is -1.80. The summed E-state index contributed by atoms with van der Waals surface area (Å²) in [6.07, 6.45) is 8.55. The Bertz CT molecular complexity index is 923. The van der Waals surface area contributed by atoms with E-state index >= 15 is 0 Å². The summed E-state index contributed by atoms with van der Waals surface area (Å²) in [4.78, 5) is 16.7. The number of hydrogen-bond acceptors (Lipinski definition) is 6. The fourth-order valence-corrected chi connectivity index (χ4v) is 7.66. The molecule has 0 aromatic heterocycles. The molecule has 0 radical (unpaired) electrons. The molecule has 156 valence electrons. The van der Waals surface area contributed by atoms with Gasteiger partial charge in [-0.3, -0.25) is 9.79 Å². The number of nitrogens with one attached hydrogen (secondary N) is 2. The number of aliphatic imine (C=N–C) groups is 1. The predicted molar refractivity (Wildman–Crippen MR) is 119 cm³/mol. The number of fused-ring (bicyclic) bond motifs is 1. The fraction of sp³-hybridized carbons (Fsp3) is 0.524. The number of benzene rings is 1. The van der Waals surface area contributed by atoms with Crippen LogP contribution in [0.15, 0.2) is 40.9 Å². The van der Waals surface area contributed by atoms with Gasteiger partial charge >= 0.3 is 0 Å². The van der Waals surface area contributed by atoms with E-state index in [4.69, 9.17) is 0 Å². The van der Waals surface area contributed by atoms with Crippen molar-refractivity contribution in [1.29, 1.82) is 0 Å². The first kappa shape index (κ1) is 20.5. The van der Waals surface area contributed by atoms with E-state index in [1.54, 1.807) is 0 Å². The van der Waals surface area contributed by atoms with Gasteiger partial charge in [0.05, 0.1) is 24.0 Å². The number of sulfone groups is 1. The highest BCUT2D eigenvalue weighted by Gasteiger charge is 2.42. The first-order valence-corrected chi connectivity index (χ1v) is 12.9. The molecule has 0 bridgehead atoms. The number of amidine groups is 1. The Morgan fingerprint density at radius 1 is 1.17 bits per heavy atom. The van der Waals surface area contributed by atoms with Crippen molar-refractivity contribution in [2.75, 3.05) is 23.4 Å². The summed E-state index contributed by atoms with van der Waals surface area (Å²) >= 11 is 1.51. The number of carbonyl (C=O) groups excluding carboxylic acids is 1. The molecular weight excluding hydrogens is 406 g/mol. The zero-order valence-corrected chi connectivity index (χ0v) is 18.0. The molecule has 0 spiro atoms. The highest BCUT2D eigenvalue weighted by Crippen LogP contribution is 2.34. The van der Waals surface area contributed by atoms with E-state index in [0.29, 0.717) is 13.0 Å². The van der Waals surface area contributed by atoms with E-state index in [9.17, 15) is 13.2 Å². The molecular formula is C21H27N3O3S2. The minimum absolute atomic E-state index is 0.0369. The van der Waals surface area contributed by atoms with Crippen LogP contribution in [0.25, 0.3) is 0 Å². The average molecular weight is 434 g/mol. The molecule has 3 aliphatic rings. The van der Waals surface area contributed by atoms with Gasteiger partial charge in [0.25, 0.3) is 0 Å². The molecule has 1 aromatic rings. The summed E-state index contributed by atoms with van der Waals surface area (Å²) in [6.45, 7) is 0.708. The van der Waals surface area contributed by atoms with Crippen molar-refractivity contribution < 1.29 is 13.2 Å². The van der Waals surface area contributed by atoms with Gasteiger partial charge in [-0.1, -0.05) is 35.5 Å². The van der Waals surface area contributed by atoms with E-state index in [1.807, 2.05) is 24.3 Å². The third-order valence-corrected chi connectivity index (χ3v) is 8.68. The van der Waals surface area contributed by atoms with Crippen LogP contribution in [-0.4, -0.2) is 48.8 Å². The van der Waals surface area contributed by atoms with E-state index in [1.165, 1.54) is 43.0 Å². The number of nitrogens with zero attached hydrogens (tertiary/aromatic N) is 1. The van der Waals surface area contributed by atoms with Crippen LogP contribution >= 0.6 is 11.8 Å². The molecule has 1 saturated heterocycles. The molecule has 2 atom stereocenters. The fourth-order valence-electron chi connectivity index (χ4n) is 3.99. The highest BCUT2D eigenvalue weighted by atomic mass is 32.2. The molecule has 8 heteroatoms. The maximum atomic E-state index is 12.2. The van der Waals surface area contributed by atoms with Gasteiger partial charge < -0.3 is 10.6 Å². The molecule has 6 nitrogen and oxygen atoms in total. The predicted octanol–water partition coefficient (Wildman–Crippen LogP) is 2.92. The first-order chi connectivity index (χ1) is 14.0. The van der Waals surface area contributed by atoms with Crippen molar-refractivity contribution in [3.63, 3.8) is 0 Å². The van der Waals surface area contributed by atoms with Gasteiger partial charge in [-0.15, -0.1) is 0 Å². The molecule has 2 heterocycles. The first-order valence-electron chi connectivity index (χ1n) is 10.2. The molecule has 1 amide bonds. The minimum atomic E-state index is -2.93. The highest BCUT2D eigenvalue weighted by molar-refractivity contribution is 8.15. The summed E-state index contributed by atoms with van der Waals surface area (Å²) < 4.78 is 23.3. The molecule has 2 unspecified atom stereocenters. The zero-order valence-electron chi connectivity index (χ0n) is 16.4. The monoisotopic (exact) mass is 433 g/mol. The van der Waals surface area contributed by atoms with Crippen molar-refractivity contribution in [1.82, 2.24) is 5.32 Å². The number of hydrogen-bond donors (Lipinski definition) is 2. The average Bonchev–Trinajstić information content (AvgIpc) is 3.16. The second-order valence-electron chi connectivity index (χ2n) is 7.94. The molecule has 29 heavy (non-hydrogen) atoms. The van der Waals surface area contributed by atoms with Gasteiger partial charge in [0.1, 0.15) is 0 Å². The second-order valence-corrected chi connectivity index (χ2v) is 11.3. The van der Waals surface area contributed by atoms with Crippen molar-refractivity contribution in [3.8, 4) is 0 Å². The molecule has 2 aliphatic heterocycles. The van der Waals surface area contributed by atoms with Crippen molar-refractivity contribution in [3.05, 3.63) is 41.5 Å². The van der Waals surface area contributed by atoms with Crippen LogP contribution in [0.3, 0.4) is 0 Å². The molecule has 2 N–H and O–H groups in total. The molecule has 4 rings (SSSR count). The van der Waals surface area contributed by atoms with Crippen molar-refractivity contribution in [2.45, 2.75) is 49.8 Å². The molecule has 1 aliphatic carbocycles. The number of amides is 1. The molecule has 1 aromatic carbocycles. The lowest BCUT2D eigenvalue weighted by atomic mass is 9.97. The van der Waals surface area contributed by atoms with Crippen LogP contribution < -0.4 is 10.6 Å². The van der Waals surface area contributed by atoms with Crippen LogP contribution in [0.1, 0.15) is 37.7 Å². The quantitative estimate of drug-likeness (QED) is 0.674. The van der Waals surface area contributed by atoms with E-state index in [-0.39, 0.29) is 28.7 Å². The van der Waals surface area contributed by atoms with Crippen LogP contribution in [-0.2, 0) is 21.1 Å². The van der Waals surface area contributed by atoms with Gasteiger partial charge in [0.15, 0.2) is 15.0 Å². The van der Waals surface area contributed by atoms with Crippen LogP contribution in [0, 0.1) is 0 Å². The van der Waals surface area contributed by atoms with Crippen molar-refractivity contribution >= 4 is 38.4 Å². The third-order valence-electron chi connectivity index (χ3n) is 5.54. The van der Waals surface area contributed by atoms with Crippen molar-refractivity contribution in [2.24, 2.45) is 4.99 Å². The lowest BCUT2D eigenvalue weighted by molar-refractivity contribution is -0.120. The maximum absolute atomic E-state index is 12.2. The Balaban J connectivity index is 1.22. The summed E-state index contributed by atoms with van der Waals surface area (Å²) in [6, 6.07) is 7.63. The molecule has 0 saturated carbocycles. The van der Waals surface area contributed by atoms with Crippen LogP contribution in [0.5, 0.6) is 0 Å². The standard InChI is InChI=1S/C21H27N3O3S2/c25-20(22-11-10-15-4-2-1-3-5-15)12-16-6-8-17(9-7-16)23-21-24-18-13-29(26,27)14-19(18)28-21/h4,6-9,18-19H,1-3,5,10-14H2,(H,22,25)(H,23,24). The van der Waals surface area contributed by atoms with Gasteiger partial charge in [-0.05, 0) is 49.8 Å². The second kappa shape index (κ2) is 8.92. The Kier molecular flexibility index (Phi) is 6.29. The number of thioether (sulfide) groups is 1. The van der Waals surface area contributed by atoms with Gasteiger partial charge in [0.2, 0.25) is 5.91 Å². The Labute approximate surface area is 176 Å². The van der Waals surface area contributed by atoms with Gasteiger partial charge in [-0.25, -0.2) is 8.42 Å². The Morgan fingerprint density at radius 2 is 2.00 bits per heavy atom. The third kappa shape index (κ3) is 5.63. The van der Waals surface area contributed by atoms with E-state index < -0.39 is 9.84 Å². The van der Waals surface area contributed by atoms with Gasteiger partial charge in [-0.2, -0.15) is 0 Å². The molecule has 1 fully saturated rings. The number of anilines is 1. The van der Waals surface area contributed by atoms with Crippen LogP contribution in [0.2, 0.25) is 0 Å². The number of allylic oxidation sites excluding steroid dienone is 1. The normalized spacial score (nSPS) is 25.1. The van der Waals surface area contributed by atoms with E-state index in [0.717, 1.165) is 22.8 Å². The summed E-state index contributed by atoms with van der Waals surface area (Å²) in [5, 5.41) is 7.09. The summed E-state index contributed by atoms with van der Waals surface area (Å²) in [7, 11) is -2.93. The summed E-state index contributed by atoms with van der Waals surface area (Å²) in [5.41, 5.74) is 3.34. The zero-order chi connectivity index (χ0) is 20.3. The lowest BCUT2D eigenvalue weighted by Gasteiger charge is -2.13. The smallest absolute Gasteiger partial charge is 0.224 e. The van der Waals surface area contributed by atoms with E-state index in [2.05, 4.69) is 21.7 Å². The van der Waals surface area contributed by atoms with Gasteiger partial charge in [0, 0.05) is 17.5 Å². The Morgan fingerprint density at radius 3 is 2.72 bits per heavy atom. The topological polar surface area (TPSA) is 87.6 Å². The number of carbonyl (C=O) groups is 1. The largest absolute Gasteiger partial charge is 0.355 e. The number of rotatable bonds is 6. The lowest BCUT2D eigenvalue weighted by Crippen LogP contribution is -2.26. The van der Waals surface area contributed by atoms with Crippen LogP contribution in [0.4, 0.5) is 5.69 Å². The SMILES string of the molecule is O=C(Cc1ccc(NC2=NC3CS(=O)(=O)CC3S2)cc1)NCCC1=CCCCC1. The summed E-state index contributed by atoms with van der Waals surface area (Å²) in [5.74, 6) is 0.413. The minimum Gasteiger partial charge on any atom is -0.355 e. The maximum Gasteiger partial charge on any atom is 0.224 e.